The van der Waals surface area contributed by atoms with Crippen LogP contribution in [0.3, 0.4) is 0 Å². The second-order valence-electron chi connectivity index (χ2n) is 17.3. The number of nitrogens with one attached hydrogen (secondary N) is 2. The summed E-state index contributed by atoms with van der Waals surface area (Å²) >= 11 is 0. The Balaban J connectivity index is 1.46. The number of hydrogen-bond acceptors (Lipinski definition) is 7. The van der Waals surface area contributed by atoms with Crippen molar-refractivity contribution < 1.29 is 24.6 Å². The maximum Gasteiger partial charge on any atom is 0.193 e. The highest BCUT2D eigenvalue weighted by atomic mass is 16.3. The van der Waals surface area contributed by atoms with Crippen molar-refractivity contribution in [2.75, 3.05) is 13.2 Å². The molecule has 2 heterocycles. The summed E-state index contributed by atoms with van der Waals surface area (Å²) in [6.45, 7) is 3.70. The molecule has 2 aliphatic heterocycles. The van der Waals surface area contributed by atoms with Crippen LogP contribution in [0.5, 0.6) is 0 Å². The number of Topliss-reactive ketones (excluding diaryl/α,β-unsaturated/α-hetero) is 3. The van der Waals surface area contributed by atoms with E-state index in [0.29, 0.717) is 35.1 Å². The van der Waals surface area contributed by atoms with Crippen molar-refractivity contribution in [1.29, 1.82) is 0 Å². The van der Waals surface area contributed by atoms with Gasteiger partial charge in [-0.2, -0.15) is 0 Å². The Labute approximate surface area is 376 Å². The molecule has 4 unspecified atom stereocenters. The number of benzene rings is 4. The largest absolute Gasteiger partial charge is 0.396 e. The Kier molecular flexibility index (Phi) is 13.3. The average Bonchev–Trinajstić information content (AvgIpc) is 3.35. The van der Waals surface area contributed by atoms with E-state index in [2.05, 4.69) is 22.8 Å². The highest BCUT2D eigenvalue weighted by Gasteiger charge is 2.58. The van der Waals surface area contributed by atoms with E-state index in [9.17, 15) is 10.2 Å². The molecule has 4 atom stereocenters. The van der Waals surface area contributed by atoms with E-state index in [0.717, 1.165) is 44.5 Å². The number of carbonyl (C=O) groups excluding carboxylic acids is 3. The Bertz CT molecular complexity index is 2500. The van der Waals surface area contributed by atoms with Crippen LogP contribution in [0.25, 0.3) is 11.1 Å². The van der Waals surface area contributed by atoms with Gasteiger partial charge in [-0.15, -0.1) is 0 Å². The maximum absolute atomic E-state index is 17.3. The minimum Gasteiger partial charge on any atom is -0.396 e. The van der Waals surface area contributed by atoms with Crippen LogP contribution in [0.1, 0.15) is 81.5 Å². The molecular formula is C57H56N2O5. The fourth-order valence-corrected chi connectivity index (χ4v) is 10.3. The summed E-state index contributed by atoms with van der Waals surface area (Å²) < 4.78 is 0. The van der Waals surface area contributed by atoms with Crippen LogP contribution in [-0.2, 0) is 4.79 Å². The second kappa shape index (κ2) is 19.4. The molecule has 8 rings (SSSR count). The van der Waals surface area contributed by atoms with Gasteiger partial charge in [-0.05, 0) is 109 Å². The third kappa shape index (κ3) is 8.41. The van der Waals surface area contributed by atoms with Crippen molar-refractivity contribution in [3.63, 3.8) is 0 Å². The van der Waals surface area contributed by atoms with Crippen LogP contribution in [-0.4, -0.2) is 40.8 Å². The van der Waals surface area contributed by atoms with Crippen molar-refractivity contribution in [2.45, 2.75) is 52.4 Å². The summed E-state index contributed by atoms with van der Waals surface area (Å²) in [4.78, 5) is 47.7. The molecule has 64 heavy (non-hydrogen) atoms. The summed E-state index contributed by atoms with van der Waals surface area (Å²) in [6, 6.07) is 34.4. The first-order valence-electron chi connectivity index (χ1n) is 22.4. The van der Waals surface area contributed by atoms with Crippen LogP contribution in [0.15, 0.2) is 193 Å². The molecule has 0 fully saturated rings. The smallest absolute Gasteiger partial charge is 0.193 e. The van der Waals surface area contributed by atoms with Gasteiger partial charge < -0.3 is 20.8 Å². The molecule has 0 aromatic heterocycles. The second-order valence-corrected chi connectivity index (χ2v) is 17.3. The van der Waals surface area contributed by atoms with Crippen LogP contribution in [0.2, 0.25) is 0 Å². The van der Waals surface area contributed by atoms with E-state index in [1.165, 1.54) is 0 Å². The van der Waals surface area contributed by atoms with E-state index >= 15 is 14.4 Å². The first kappa shape index (κ1) is 44.0. The van der Waals surface area contributed by atoms with Crippen molar-refractivity contribution in [3.05, 3.63) is 226 Å². The zero-order valence-corrected chi connectivity index (χ0v) is 36.6. The number of hydrogen-bond donors (Lipinski definition) is 4. The number of ketones is 3. The summed E-state index contributed by atoms with van der Waals surface area (Å²) in [5.41, 5.74) is 6.14. The first-order valence-corrected chi connectivity index (χ1v) is 22.4. The molecule has 0 amide bonds. The van der Waals surface area contributed by atoms with Gasteiger partial charge in [0.1, 0.15) is 0 Å². The van der Waals surface area contributed by atoms with Gasteiger partial charge in [0.2, 0.25) is 0 Å². The summed E-state index contributed by atoms with van der Waals surface area (Å²) in [7, 11) is 0. The normalized spacial score (nSPS) is 22.7. The van der Waals surface area contributed by atoms with Crippen LogP contribution < -0.4 is 10.6 Å². The topological polar surface area (TPSA) is 116 Å². The molecule has 2 aliphatic carbocycles. The molecule has 4 aromatic rings. The zero-order chi connectivity index (χ0) is 44.7. The van der Waals surface area contributed by atoms with E-state index in [4.69, 9.17) is 0 Å². The minimum atomic E-state index is -1.41. The molecule has 4 N–H and O–H groups in total. The predicted molar refractivity (Wildman–Crippen MR) is 255 cm³/mol. The predicted octanol–water partition coefficient (Wildman–Crippen LogP) is 10.5. The van der Waals surface area contributed by atoms with Gasteiger partial charge in [0.05, 0.1) is 10.8 Å². The lowest BCUT2D eigenvalue weighted by Gasteiger charge is -2.50. The highest BCUT2D eigenvalue weighted by molar-refractivity contribution is 6.22. The monoisotopic (exact) mass is 848 g/mol. The van der Waals surface area contributed by atoms with Gasteiger partial charge in [-0.3, -0.25) is 14.4 Å². The fourth-order valence-electron chi connectivity index (χ4n) is 10.3. The van der Waals surface area contributed by atoms with E-state index in [-0.39, 0.29) is 56.2 Å². The number of dihydropyridines is 2. The van der Waals surface area contributed by atoms with Crippen LogP contribution >= 0.6 is 0 Å². The summed E-state index contributed by atoms with van der Waals surface area (Å²) in [5.74, 6) is -1.73. The number of rotatable bonds is 16. The summed E-state index contributed by atoms with van der Waals surface area (Å²) in [6.07, 6.45) is 22.0. The maximum atomic E-state index is 17.3. The minimum absolute atomic E-state index is 0.167. The Morgan fingerprint density at radius 1 is 0.562 bits per heavy atom. The molecule has 0 spiro atoms. The molecule has 7 nitrogen and oxygen atoms in total. The lowest BCUT2D eigenvalue weighted by Crippen LogP contribution is -2.52. The number of aryl methyl sites for hydroxylation is 2. The third-order valence-electron chi connectivity index (χ3n) is 13.4. The number of carbonyl (C=O) groups is 3. The van der Waals surface area contributed by atoms with Gasteiger partial charge in [-0.25, -0.2) is 0 Å². The van der Waals surface area contributed by atoms with Crippen LogP contribution in [0, 0.1) is 36.5 Å². The molecule has 324 valence electrons. The average molecular weight is 849 g/mol. The Hall–Kier alpha value is -6.67. The van der Waals surface area contributed by atoms with Crippen molar-refractivity contribution in [1.82, 2.24) is 10.6 Å². The van der Waals surface area contributed by atoms with E-state index < -0.39 is 22.7 Å². The number of allylic oxidation sites excluding steroid dienone is 12. The summed E-state index contributed by atoms with van der Waals surface area (Å²) in [5, 5.41) is 28.1. The molecule has 0 bridgehead atoms. The van der Waals surface area contributed by atoms with Gasteiger partial charge in [0.25, 0.3) is 0 Å². The van der Waals surface area contributed by atoms with Gasteiger partial charge in [0, 0.05) is 59.7 Å². The molecule has 7 heteroatoms. The molecule has 4 aromatic carbocycles. The number of aliphatic hydroxyl groups excluding tert-OH is 2. The van der Waals surface area contributed by atoms with Crippen molar-refractivity contribution in [3.8, 4) is 0 Å². The Morgan fingerprint density at radius 2 is 0.953 bits per heavy atom. The van der Waals surface area contributed by atoms with Gasteiger partial charge in [0.15, 0.2) is 17.3 Å². The van der Waals surface area contributed by atoms with Crippen molar-refractivity contribution >= 4 is 28.5 Å². The molecule has 0 saturated heterocycles. The standard InChI is InChI=1S/C57H56N2O5/c1-39-17-9-11-25-45(39)47-33-51(43-23-13-29-58-37-43)56(27-15-31-60,35-49(47)53(62)41-19-5-3-6-20-41)55(64)57(28-16-32-61)36-50(54(63)42-21-7-4-8-22-42)48(46-26-12-10-18-40(46)2)34-52(57)44-24-14-30-59-38-44/h3-14,17-22,25-26,29-30,33-38,51-52,58-61H,15-16,23-24,27-28,31-32H2,1-2H3. The highest BCUT2D eigenvalue weighted by Crippen LogP contribution is 2.58. The molecular weight excluding hydrogens is 793 g/mol. The van der Waals surface area contributed by atoms with Gasteiger partial charge in [-0.1, -0.05) is 146 Å². The van der Waals surface area contributed by atoms with Crippen LogP contribution in [0.4, 0.5) is 0 Å². The molecule has 0 radical (unpaired) electrons. The van der Waals surface area contributed by atoms with Gasteiger partial charge >= 0.3 is 0 Å². The first-order chi connectivity index (χ1) is 31.2. The number of aliphatic hydroxyl groups is 2. The fraction of sp³-hybridized carbons (Fsp3) is 0.246. The quantitative estimate of drug-likeness (QED) is 0.0830. The zero-order valence-electron chi connectivity index (χ0n) is 36.6. The Morgan fingerprint density at radius 3 is 1.31 bits per heavy atom. The molecule has 4 aliphatic rings. The third-order valence-corrected chi connectivity index (χ3v) is 13.4. The van der Waals surface area contributed by atoms with E-state index in [1.807, 2.05) is 148 Å². The lowest BCUT2D eigenvalue weighted by atomic mass is 9.51. The van der Waals surface area contributed by atoms with Crippen molar-refractivity contribution in [2.24, 2.45) is 22.7 Å². The SMILES string of the molecule is Cc1ccccc1C1=CC(C2=CNC=CC2)C(CCCO)(C(=O)C2(CCCO)C=C(C(=O)c3ccccc3)C(c3ccccc3C)=CC2C2=CNC=CC2)C=C1C(=O)c1ccccc1. The molecule has 0 saturated carbocycles. The lowest BCUT2D eigenvalue weighted by molar-refractivity contribution is -0.138. The van der Waals surface area contributed by atoms with E-state index in [1.54, 1.807) is 24.3 Å².